The molecule has 0 saturated heterocycles. The van der Waals surface area contributed by atoms with Crippen LogP contribution in [0, 0.1) is 0 Å². The van der Waals surface area contributed by atoms with Crippen molar-refractivity contribution in [3.05, 3.63) is 45.4 Å². The zero-order valence-electron chi connectivity index (χ0n) is 11.0. The predicted octanol–water partition coefficient (Wildman–Crippen LogP) is 4.21. The van der Waals surface area contributed by atoms with E-state index in [4.69, 9.17) is 14.2 Å². The molecule has 0 heterocycles. The molecule has 5 heteroatoms. The Hall–Kier alpha value is -0.200. The lowest BCUT2D eigenvalue weighted by molar-refractivity contribution is -0.125. The average molecular weight is 394 g/mol. The van der Waals surface area contributed by atoms with Crippen LogP contribution in [-0.2, 0) is 20.8 Å². The van der Waals surface area contributed by atoms with E-state index in [1.807, 2.05) is 36.4 Å². The Morgan fingerprint density at radius 1 is 1.16 bits per heavy atom. The standard InChI is InChI=1S/C14H18Br2O3/c1-17-14(18-2)9-12(8-13(15)16)19-10-11-6-4-3-5-7-11/h3-8,12,14H,9-10H2,1-2H3/t12-/m0/s1. The van der Waals surface area contributed by atoms with Gasteiger partial charge in [0, 0.05) is 20.6 Å². The van der Waals surface area contributed by atoms with E-state index >= 15 is 0 Å². The number of halogens is 2. The molecule has 1 atom stereocenters. The van der Waals surface area contributed by atoms with Gasteiger partial charge in [-0.25, -0.2) is 0 Å². The van der Waals surface area contributed by atoms with Crippen LogP contribution in [0.15, 0.2) is 39.8 Å². The van der Waals surface area contributed by atoms with Gasteiger partial charge < -0.3 is 14.2 Å². The van der Waals surface area contributed by atoms with E-state index in [0.717, 1.165) is 8.96 Å². The summed E-state index contributed by atoms with van der Waals surface area (Å²) in [6, 6.07) is 10.1. The first-order valence-electron chi connectivity index (χ1n) is 5.89. The molecule has 0 amide bonds. The van der Waals surface area contributed by atoms with E-state index in [2.05, 4.69) is 31.9 Å². The molecule has 0 bridgehead atoms. The highest BCUT2D eigenvalue weighted by molar-refractivity contribution is 9.28. The van der Waals surface area contributed by atoms with Gasteiger partial charge in [0.25, 0.3) is 0 Å². The molecule has 1 rings (SSSR count). The first-order valence-corrected chi connectivity index (χ1v) is 7.48. The summed E-state index contributed by atoms with van der Waals surface area (Å²) < 4.78 is 17.1. The molecule has 0 radical (unpaired) electrons. The van der Waals surface area contributed by atoms with Crippen molar-refractivity contribution in [3.63, 3.8) is 0 Å². The highest BCUT2D eigenvalue weighted by atomic mass is 79.9. The minimum atomic E-state index is -0.281. The van der Waals surface area contributed by atoms with Gasteiger partial charge in [-0.3, -0.25) is 0 Å². The van der Waals surface area contributed by atoms with Gasteiger partial charge in [-0.1, -0.05) is 30.3 Å². The van der Waals surface area contributed by atoms with Crippen molar-refractivity contribution in [1.82, 2.24) is 0 Å². The highest BCUT2D eigenvalue weighted by Gasteiger charge is 2.15. The smallest absolute Gasteiger partial charge is 0.159 e. The van der Waals surface area contributed by atoms with Crippen molar-refractivity contribution < 1.29 is 14.2 Å². The third-order valence-electron chi connectivity index (χ3n) is 2.57. The van der Waals surface area contributed by atoms with E-state index in [-0.39, 0.29) is 12.4 Å². The second kappa shape index (κ2) is 9.66. The normalized spacial score (nSPS) is 12.5. The van der Waals surface area contributed by atoms with E-state index in [0.29, 0.717) is 13.0 Å². The number of rotatable bonds is 8. The number of hydrogen-bond donors (Lipinski definition) is 0. The second-order valence-corrected chi connectivity index (χ2v) is 6.70. The number of benzene rings is 1. The van der Waals surface area contributed by atoms with Crippen molar-refractivity contribution in [2.24, 2.45) is 0 Å². The van der Waals surface area contributed by atoms with Crippen molar-refractivity contribution >= 4 is 31.9 Å². The Balaban J connectivity index is 2.57. The molecule has 1 aromatic carbocycles. The van der Waals surface area contributed by atoms with Gasteiger partial charge in [0.05, 0.1) is 16.1 Å². The van der Waals surface area contributed by atoms with E-state index in [1.54, 1.807) is 14.2 Å². The Labute approximate surface area is 131 Å². The minimum absolute atomic E-state index is 0.0983. The second-order valence-electron chi connectivity index (χ2n) is 3.93. The van der Waals surface area contributed by atoms with Gasteiger partial charge in [-0.05, 0) is 43.5 Å². The van der Waals surface area contributed by atoms with E-state index < -0.39 is 0 Å². The number of methoxy groups -OCH3 is 2. The van der Waals surface area contributed by atoms with Crippen molar-refractivity contribution in [2.45, 2.75) is 25.4 Å². The zero-order valence-corrected chi connectivity index (χ0v) is 14.2. The predicted molar refractivity (Wildman–Crippen MR) is 83.4 cm³/mol. The van der Waals surface area contributed by atoms with Crippen molar-refractivity contribution in [2.75, 3.05) is 14.2 Å². The van der Waals surface area contributed by atoms with Gasteiger partial charge in [0.15, 0.2) is 6.29 Å². The molecule has 0 N–H and O–H groups in total. The fourth-order valence-corrected chi connectivity index (χ4v) is 2.17. The van der Waals surface area contributed by atoms with Crippen LogP contribution in [0.2, 0.25) is 0 Å². The van der Waals surface area contributed by atoms with Crippen LogP contribution in [0.3, 0.4) is 0 Å². The summed E-state index contributed by atoms with van der Waals surface area (Å²) in [6.07, 6.45) is 2.18. The third kappa shape index (κ3) is 7.22. The quantitative estimate of drug-likeness (QED) is 0.619. The van der Waals surface area contributed by atoms with Gasteiger partial charge in [-0.15, -0.1) is 0 Å². The maximum absolute atomic E-state index is 5.88. The first-order chi connectivity index (χ1) is 9.15. The largest absolute Gasteiger partial charge is 0.369 e. The molecule has 1 aromatic rings. The Kier molecular flexibility index (Phi) is 8.57. The lowest BCUT2D eigenvalue weighted by Gasteiger charge is -2.20. The number of ether oxygens (including phenoxy) is 3. The topological polar surface area (TPSA) is 27.7 Å². The van der Waals surface area contributed by atoms with Crippen LogP contribution in [0.5, 0.6) is 0 Å². The van der Waals surface area contributed by atoms with Gasteiger partial charge in [0.1, 0.15) is 0 Å². The van der Waals surface area contributed by atoms with Crippen molar-refractivity contribution in [1.29, 1.82) is 0 Å². The summed E-state index contributed by atoms with van der Waals surface area (Å²) in [4.78, 5) is 0. The first kappa shape index (κ1) is 16.9. The Morgan fingerprint density at radius 2 is 1.79 bits per heavy atom. The molecule has 0 aliphatic rings. The molecule has 0 aromatic heterocycles. The fourth-order valence-electron chi connectivity index (χ4n) is 1.58. The molecule has 3 nitrogen and oxygen atoms in total. The molecular weight excluding hydrogens is 376 g/mol. The van der Waals surface area contributed by atoms with E-state index in [9.17, 15) is 0 Å². The van der Waals surface area contributed by atoms with Crippen LogP contribution in [0.1, 0.15) is 12.0 Å². The van der Waals surface area contributed by atoms with Gasteiger partial charge >= 0.3 is 0 Å². The molecule has 0 unspecified atom stereocenters. The Bertz CT molecular complexity index is 374. The molecule has 106 valence electrons. The van der Waals surface area contributed by atoms with Crippen LogP contribution in [0.4, 0.5) is 0 Å². The SMILES string of the molecule is COC(C[C@H](C=C(Br)Br)OCc1ccccc1)OC. The molecule has 0 aliphatic heterocycles. The summed E-state index contributed by atoms with van der Waals surface area (Å²) >= 11 is 6.70. The Morgan fingerprint density at radius 3 is 2.32 bits per heavy atom. The lowest BCUT2D eigenvalue weighted by Crippen LogP contribution is -2.22. The van der Waals surface area contributed by atoms with Crippen molar-refractivity contribution in [3.8, 4) is 0 Å². The molecule has 0 fully saturated rings. The average Bonchev–Trinajstić information content (AvgIpc) is 2.42. The summed E-state index contributed by atoms with van der Waals surface area (Å²) in [5.41, 5.74) is 1.14. The van der Waals surface area contributed by atoms with Gasteiger partial charge in [-0.2, -0.15) is 0 Å². The fraction of sp³-hybridized carbons (Fsp3) is 0.429. The number of hydrogen-bond acceptors (Lipinski definition) is 3. The molecule has 19 heavy (non-hydrogen) atoms. The maximum atomic E-state index is 5.88. The molecule has 0 aliphatic carbocycles. The maximum Gasteiger partial charge on any atom is 0.159 e. The molecular formula is C14H18Br2O3. The van der Waals surface area contributed by atoms with Crippen LogP contribution in [0.25, 0.3) is 0 Å². The summed E-state index contributed by atoms with van der Waals surface area (Å²) in [5.74, 6) is 0. The van der Waals surface area contributed by atoms with Crippen LogP contribution < -0.4 is 0 Å². The summed E-state index contributed by atoms with van der Waals surface area (Å²) in [5, 5.41) is 0. The minimum Gasteiger partial charge on any atom is -0.369 e. The molecule has 0 spiro atoms. The van der Waals surface area contributed by atoms with E-state index in [1.165, 1.54) is 0 Å². The van der Waals surface area contributed by atoms with Gasteiger partial charge in [0.2, 0.25) is 0 Å². The summed E-state index contributed by atoms with van der Waals surface area (Å²) in [7, 11) is 3.24. The third-order valence-corrected chi connectivity index (χ3v) is 3.10. The zero-order chi connectivity index (χ0) is 14.1. The molecule has 0 saturated carbocycles. The monoisotopic (exact) mass is 392 g/mol. The summed E-state index contributed by atoms with van der Waals surface area (Å²) in [6.45, 7) is 0.551. The highest BCUT2D eigenvalue weighted by Crippen LogP contribution is 2.19. The lowest BCUT2D eigenvalue weighted by atomic mass is 10.2. The van der Waals surface area contributed by atoms with Crippen LogP contribution >= 0.6 is 31.9 Å². The van der Waals surface area contributed by atoms with Crippen LogP contribution in [-0.4, -0.2) is 26.6 Å².